The van der Waals surface area contributed by atoms with Gasteiger partial charge in [-0.2, -0.15) is 11.8 Å². The van der Waals surface area contributed by atoms with Crippen LogP contribution in [0.4, 0.5) is 0 Å². The van der Waals surface area contributed by atoms with Gasteiger partial charge in [-0.15, -0.1) is 0 Å². The van der Waals surface area contributed by atoms with E-state index in [1.807, 2.05) is 0 Å². The van der Waals surface area contributed by atoms with Crippen LogP contribution in [0, 0.1) is 0 Å². The van der Waals surface area contributed by atoms with Crippen molar-refractivity contribution in [2.24, 2.45) is 0 Å². The molecular weight excluding hydrogens is 240 g/mol. The fourth-order valence-corrected chi connectivity index (χ4v) is 4.89. The zero-order valence-corrected chi connectivity index (χ0v) is 13.4. The molecule has 0 radical (unpaired) electrons. The van der Waals surface area contributed by atoms with Crippen LogP contribution < -0.4 is 5.32 Å². The van der Waals surface area contributed by atoms with E-state index < -0.39 is 0 Å². The van der Waals surface area contributed by atoms with Crippen molar-refractivity contribution in [3.8, 4) is 0 Å². The van der Waals surface area contributed by atoms with Crippen LogP contribution >= 0.6 is 11.8 Å². The molecule has 0 bridgehead atoms. The molecule has 1 saturated carbocycles. The van der Waals surface area contributed by atoms with Crippen LogP contribution in [0.2, 0.25) is 0 Å². The Kier molecular flexibility index (Phi) is 5.01. The highest BCUT2D eigenvalue weighted by molar-refractivity contribution is 7.99. The zero-order valence-electron chi connectivity index (χ0n) is 12.5. The molecular formula is C15H30N2S. The van der Waals surface area contributed by atoms with Crippen molar-refractivity contribution in [1.82, 2.24) is 10.2 Å². The van der Waals surface area contributed by atoms with Crippen LogP contribution in [0.25, 0.3) is 0 Å². The number of nitrogens with one attached hydrogen (secondary N) is 1. The average Bonchev–Trinajstić information content (AvgIpc) is 2.77. The maximum atomic E-state index is 3.71. The van der Waals surface area contributed by atoms with E-state index in [1.165, 1.54) is 44.5 Å². The van der Waals surface area contributed by atoms with Crippen molar-refractivity contribution in [3.05, 3.63) is 0 Å². The van der Waals surface area contributed by atoms with Gasteiger partial charge in [0, 0.05) is 36.0 Å². The van der Waals surface area contributed by atoms with Gasteiger partial charge in [-0.25, -0.2) is 0 Å². The number of rotatable bonds is 4. The van der Waals surface area contributed by atoms with Gasteiger partial charge in [0.25, 0.3) is 0 Å². The molecule has 106 valence electrons. The molecule has 0 amide bonds. The molecule has 1 aliphatic carbocycles. The Morgan fingerprint density at radius 1 is 1.28 bits per heavy atom. The van der Waals surface area contributed by atoms with E-state index in [1.54, 1.807) is 0 Å². The second-order valence-corrected chi connectivity index (χ2v) is 8.01. The molecule has 1 saturated heterocycles. The van der Waals surface area contributed by atoms with Crippen molar-refractivity contribution in [2.75, 3.05) is 18.8 Å². The predicted molar refractivity (Wildman–Crippen MR) is 82.4 cm³/mol. The Morgan fingerprint density at radius 3 is 2.72 bits per heavy atom. The van der Waals surface area contributed by atoms with Gasteiger partial charge in [0.15, 0.2) is 0 Å². The highest BCUT2D eigenvalue weighted by Gasteiger charge is 2.40. The third-order valence-electron chi connectivity index (χ3n) is 4.56. The quantitative estimate of drug-likeness (QED) is 0.845. The summed E-state index contributed by atoms with van der Waals surface area (Å²) in [6.45, 7) is 11.7. The first-order valence-corrected chi connectivity index (χ1v) is 8.74. The summed E-state index contributed by atoms with van der Waals surface area (Å²) in [6.07, 6.45) is 5.57. The SMILES string of the molecule is CCSC1CCCC1N1CC(C)(C)NCC1CC. The number of hydrogen-bond acceptors (Lipinski definition) is 3. The molecule has 3 heteroatoms. The molecule has 3 unspecified atom stereocenters. The zero-order chi connectivity index (χ0) is 13.2. The van der Waals surface area contributed by atoms with Crippen LogP contribution in [0.5, 0.6) is 0 Å². The summed E-state index contributed by atoms with van der Waals surface area (Å²) in [7, 11) is 0. The minimum absolute atomic E-state index is 0.287. The molecule has 1 N–H and O–H groups in total. The number of thioether (sulfide) groups is 1. The van der Waals surface area contributed by atoms with Crippen LogP contribution in [-0.2, 0) is 0 Å². The lowest BCUT2D eigenvalue weighted by Crippen LogP contribution is -2.64. The third-order valence-corrected chi connectivity index (χ3v) is 5.87. The van der Waals surface area contributed by atoms with Crippen LogP contribution in [0.15, 0.2) is 0 Å². The molecule has 3 atom stereocenters. The van der Waals surface area contributed by atoms with Gasteiger partial charge in [0.2, 0.25) is 0 Å². The highest BCUT2D eigenvalue weighted by Crippen LogP contribution is 2.36. The fourth-order valence-electron chi connectivity index (χ4n) is 3.61. The van der Waals surface area contributed by atoms with E-state index in [4.69, 9.17) is 0 Å². The molecule has 0 aromatic rings. The van der Waals surface area contributed by atoms with Gasteiger partial charge >= 0.3 is 0 Å². The van der Waals surface area contributed by atoms with E-state index in [9.17, 15) is 0 Å². The summed E-state index contributed by atoms with van der Waals surface area (Å²) in [5.41, 5.74) is 0.287. The molecule has 2 aliphatic rings. The Labute approximate surface area is 117 Å². The lowest BCUT2D eigenvalue weighted by molar-refractivity contribution is 0.0559. The maximum absolute atomic E-state index is 3.71. The summed E-state index contributed by atoms with van der Waals surface area (Å²) >= 11 is 2.19. The van der Waals surface area contributed by atoms with Crippen LogP contribution in [0.3, 0.4) is 0 Å². The Balaban J connectivity index is 2.07. The summed E-state index contributed by atoms with van der Waals surface area (Å²) in [4.78, 5) is 2.84. The first-order chi connectivity index (χ1) is 8.57. The molecule has 0 aromatic heterocycles. The molecule has 18 heavy (non-hydrogen) atoms. The van der Waals surface area contributed by atoms with Gasteiger partial charge in [0.1, 0.15) is 0 Å². The minimum Gasteiger partial charge on any atom is -0.309 e. The Bertz CT molecular complexity index is 267. The van der Waals surface area contributed by atoms with E-state index in [-0.39, 0.29) is 5.54 Å². The van der Waals surface area contributed by atoms with Gasteiger partial charge in [-0.05, 0) is 38.9 Å². The molecule has 2 nitrogen and oxygen atoms in total. The smallest absolute Gasteiger partial charge is 0.0253 e. The van der Waals surface area contributed by atoms with Gasteiger partial charge in [0.05, 0.1) is 0 Å². The molecule has 0 spiro atoms. The minimum atomic E-state index is 0.287. The summed E-state index contributed by atoms with van der Waals surface area (Å²) in [5.74, 6) is 1.27. The largest absolute Gasteiger partial charge is 0.309 e. The monoisotopic (exact) mass is 270 g/mol. The molecule has 0 aromatic carbocycles. The second-order valence-electron chi connectivity index (χ2n) is 6.49. The lowest BCUT2D eigenvalue weighted by atomic mass is 9.95. The van der Waals surface area contributed by atoms with Crippen LogP contribution in [0.1, 0.15) is 53.4 Å². The van der Waals surface area contributed by atoms with Gasteiger partial charge in [-0.3, -0.25) is 4.90 Å². The maximum Gasteiger partial charge on any atom is 0.0253 e. The number of piperazine rings is 1. The summed E-state index contributed by atoms with van der Waals surface area (Å²) in [6, 6.07) is 1.59. The van der Waals surface area contributed by atoms with Gasteiger partial charge < -0.3 is 5.32 Å². The first kappa shape index (κ1) is 14.7. The van der Waals surface area contributed by atoms with Gasteiger partial charge in [-0.1, -0.05) is 20.3 Å². The van der Waals surface area contributed by atoms with E-state index >= 15 is 0 Å². The normalized spacial score (nSPS) is 37.0. The predicted octanol–water partition coefficient (Wildman–Crippen LogP) is 3.12. The van der Waals surface area contributed by atoms with Crippen molar-refractivity contribution < 1.29 is 0 Å². The highest BCUT2D eigenvalue weighted by atomic mass is 32.2. The fraction of sp³-hybridized carbons (Fsp3) is 1.00. The van der Waals surface area contributed by atoms with Crippen molar-refractivity contribution in [2.45, 2.75) is 76.3 Å². The summed E-state index contributed by atoms with van der Waals surface area (Å²) in [5, 5.41) is 4.60. The molecule has 2 fully saturated rings. The molecule has 2 rings (SSSR count). The van der Waals surface area contributed by atoms with Crippen molar-refractivity contribution >= 4 is 11.8 Å². The summed E-state index contributed by atoms with van der Waals surface area (Å²) < 4.78 is 0. The second kappa shape index (κ2) is 6.15. The van der Waals surface area contributed by atoms with Crippen molar-refractivity contribution in [3.63, 3.8) is 0 Å². The number of hydrogen-bond donors (Lipinski definition) is 1. The third kappa shape index (κ3) is 3.23. The molecule has 1 aliphatic heterocycles. The topological polar surface area (TPSA) is 15.3 Å². The van der Waals surface area contributed by atoms with E-state index in [0.29, 0.717) is 0 Å². The standard InChI is InChI=1S/C15H30N2S/c1-5-12-10-16-15(3,4)11-17(12)13-8-7-9-14(13)18-6-2/h12-14,16H,5-11H2,1-4H3. The Morgan fingerprint density at radius 2 is 2.06 bits per heavy atom. The average molecular weight is 270 g/mol. The number of nitrogens with zero attached hydrogens (tertiary/aromatic N) is 1. The first-order valence-electron chi connectivity index (χ1n) is 7.69. The molecule has 1 heterocycles. The van der Waals surface area contributed by atoms with E-state index in [2.05, 4.69) is 49.7 Å². The lowest BCUT2D eigenvalue weighted by Gasteiger charge is -2.48. The van der Waals surface area contributed by atoms with Crippen molar-refractivity contribution in [1.29, 1.82) is 0 Å². The van der Waals surface area contributed by atoms with E-state index in [0.717, 1.165) is 17.3 Å². The van der Waals surface area contributed by atoms with Crippen LogP contribution in [-0.4, -0.2) is 46.6 Å². The Hall–Kier alpha value is 0.270.